The molecule has 0 atom stereocenters. The van der Waals surface area contributed by atoms with Crippen molar-refractivity contribution < 1.29 is 4.79 Å². The van der Waals surface area contributed by atoms with Crippen LogP contribution in [-0.4, -0.2) is 32.1 Å². The minimum atomic E-state index is 0.0307. The van der Waals surface area contributed by atoms with E-state index < -0.39 is 0 Å². The second-order valence-electron chi connectivity index (χ2n) is 6.61. The summed E-state index contributed by atoms with van der Waals surface area (Å²) < 4.78 is 1.74. The number of nitrogens with zero attached hydrogens (tertiary/aromatic N) is 3. The summed E-state index contributed by atoms with van der Waals surface area (Å²) in [5.74, 6) is 0.0307. The highest BCUT2D eigenvalue weighted by atomic mass is 16.2. The first-order valence-corrected chi connectivity index (χ1v) is 8.77. The fourth-order valence-corrected chi connectivity index (χ4v) is 3.68. The van der Waals surface area contributed by atoms with Crippen LogP contribution in [-0.2, 0) is 13.0 Å². The number of H-pyrrole nitrogens is 1. The quantitative estimate of drug-likeness (QED) is 0.606. The summed E-state index contributed by atoms with van der Waals surface area (Å²) in [6.07, 6.45) is 4.31. The van der Waals surface area contributed by atoms with E-state index >= 15 is 0 Å². The summed E-state index contributed by atoms with van der Waals surface area (Å²) in [6, 6.07) is 18.1. The van der Waals surface area contributed by atoms with Gasteiger partial charge < -0.3 is 9.88 Å². The Bertz CT molecular complexity index is 1090. The van der Waals surface area contributed by atoms with Gasteiger partial charge in [0.15, 0.2) is 0 Å². The lowest BCUT2D eigenvalue weighted by Crippen LogP contribution is -2.35. The predicted molar refractivity (Wildman–Crippen MR) is 100 cm³/mol. The summed E-state index contributed by atoms with van der Waals surface area (Å²) in [7, 11) is 0. The van der Waals surface area contributed by atoms with Crippen LogP contribution in [0.3, 0.4) is 0 Å². The third-order valence-corrected chi connectivity index (χ3v) is 5.02. The average molecular weight is 342 g/mol. The van der Waals surface area contributed by atoms with Gasteiger partial charge in [0.1, 0.15) is 0 Å². The Balaban J connectivity index is 1.43. The number of carbonyl (C=O) groups excluding carboxylic acids is 1. The molecule has 1 amide bonds. The minimum absolute atomic E-state index is 0.0307. The van der Waals surface area contributed by atoms with Gasteiger partial charge in [-0.05, 0) is 18.2 Å². The SMILES string of the molecule is O=C(c1cnn(-c2ccccc2)c1)N1CCc2[nH]c3ccccc3c2C1. The van der Waals surface area contributed by atoms with E-state index in [1.807, 2.05) is 53.6 Å². The lowest BCUT2D eigenvalue weighted by atomic mass is 10.0. The van der Waals surface area contributed by atoms with Crippen molar-refractivity contribution in [2.45, 2.75) is 13.0 Å². The number of aromatic nitrogens is 3. The largest absolute Gasteiger partial charge is 0.358 e. The molecular formula is C21H18N4O. The lowest BCUT2D eigenvalue weighted by Gasteiger charge is -2.26. The van der Waals surface area contributed by atoms with Gasteiger partial charge in [-0.15, -0.1) is 0 Å². The topological polar surface area (TPSA) is 53.9 Å². The molecule has 5 nitrogen and oxygen atoms in total. The van der Waals surface area contributed by atoms with Crippen LogP contribution in [0.1, 0.15) is 21.6 Å². The van der Waals surface area contributed by atoms with Crippen LogP contribution in [0.4, 0.5) is 0 Å². The molecule has 0 saturated heterocycles. The van der Waals surface area contributed by atoms with Crippen LogP contribution in [0.5, 0.6) is 0 Å². The van der Waals surface area contributed by atoms with E-state index in [0.29, 0.717) is 12.1 Å². The zero-order valence-corrected chi connectivity index (χ0v) is 14.2. The van der Waals surface area contributed by atoms with Crippen molar-refractivity contribution in [2.75, 3.05) is 6.54 Å². The number of para-hydroxylation sites is 2. The summed E-state index contributed by atoms with van der Waals surface area (Å²) in [5.41, 5.74) is 5.19. The van der Waals surface area contributed by atoms with Gasteiger partial charge in [-0.1, -0.05) is 36.4 Å². The number of aromatic amines is 1. The van der Waals surface area contributed by atoms with Crippen molar-refractivity contribution in [2.24, 2.45) is 0 Å². The monoisotopic (exact) mass is 342 g/mol. The Hall–Kier alpha value is -3.34. The molecule has 4 aromatic rings. The maximum atomic E-state index is 13.0. The van der Waals surface area contributed by atoms with Gasteiger partial charge in [0.25, 0.3) is 5.91 Å². The molecule has 0 bridgehead atoms. The van der Waals surface area contributed by atoms with Gasteiger partial charge in [-0.25, -0.2) is 4.68 Å². The van der Waals surface area contributed by atoms with Crippen molar-refractivity contribution in [3.63, 3.8) is 0 Å². The molecule has 0 radical (unpaired) electrons. The van der Waals surface area contributed by atoms with Crippen molar-refractivity contribution in [3.8, 4) is 5.69 Å². The third kappa shape index (κ3) is 2.40. The van der Waals surface area contributed by atoms with Crippen LogP contribution in [0, 0.1) is 0 Å². The molecule has 2 aromatic heterocycles. The molecule has 1 N–H and O–H groups in total. The Morgan fingerprint density at radius 2 is 1.85 bits per heavy atom. The van der Waals surface area contributed by atoms with Gasteiger partial charge in [0, 0.05) is 47.9 Å². The van der Waals surface area contributed by atoms with E-state index in [0.717, 1.165) is 24.2 Å². The second kappa shape index (κ2) is 5.88. The zero-order chi connectivity index (χ0) is 17.5. The van der Waals surface area contributed by atoms with Gasteiger partial charge in [0.05, 0.1) is 17.4 Å². The van der Waals surface area contributed by atoms with Crippen LogP contribution < -0.4 is 0 Å². The van der Waals surface area contributed by atoms with Crippen molar-refractivity contribution >= 4 is 16.8 Å². The van der Waals surface area contributed by atoms with E-state index in [1.165, 1.54) is 16.6 Å². The maximum Gasteiger partial charge on any atom is 0.257 e. The molecule has 0 spiro atoms. The first kappa shape index (κ1) is 15.0. The molecule has 1 aliphatic heterocycles. The maximum absolute atomic E-state index is 13.0. The molecule has 26 heavy (non-hydrogen) atoms. The molecule has 2 aromatic carbocycles. The number of hydrogen-bond acceptors (Lipinski definition) is 2. The number of benzene rings is 2. The Kier molecular flexibility index (Phi) is 3.38. The zero-order valence-electron chi connectivity index (χ0n) is 14.2. The van der Waals surface area contributed by atoms with E-state index in [2.05, 4.69) is 22.2 Å². The highest BCUT2D eigenvalue weighted by molar-refractivity contribution is 5.94. The Morgan fingerprint density at radius 3 is 2.73 bits per heavy atom. The molecule has 0 unspecified atom stereocenters. The number of rotatable bonds is 2. The van der Waals surface area contributed by atoms with Gasteiger partial charge >= 0.3 is 0 Å². The second-order valence-corrected chi connectivity index (χ2v) is 6.61. The molecule has 128 valence electrons. The normalized spacial score (nSPS) is 13.8. The van der Waals surface area contributed by atoms with E-state index in [4.69, 9.17) is 0 Å². The van der Waals surface area contributed by atoms with Crippen molar-refractivity contribution in [1.29, 1.82) is 0 Å². The highest BCUT2D eigenvalue weighted by Gasteiger charge is 2.25. The molecule has 5 heteroatoms. The first-order valence-electron chi connectivity index (χ1n) is 8.77. The summed E-state index contributed by atoms with van der Waals surface area (Å²) in [5, 5.41) is 5.56. The Labute approximate surface area is 150 Å². The lowest BCUT2D eigenvalue weighted by molar-refractivity contribution is 0.0735. The average Bonchev–Trinajstić information content (AvgIpc) is 3.33. The number of hydrogen-bond donors (Lipinski definition) is 1. The van der Waals surface area contributed by atoms with E-state index in [1.54, 1.807) is 10.9 Å². The van der Waals surface area contributed by atoms with Crippen LogP contribution in [0.2, 0.25) is 0 Å². The summed E-state index contributed by atoms with van der Waals surface area (Å²) in [6.45, 7) is 1.35. The molecule has 0 aliphatic carbocycles. The highest BCUT2D eigenvalue weighted by Crippen LogP contribution is 2.28. The van der Waals surface area contributed by atoms with E-state index in [9.17, 15) is 4.79 Å². The standard InChI is InChI=1S/C21H18N4O/c26-21(15-12-22-25(13-15)16-6-2-1-3-7-16)24-11-10-20-18(14-24)17-8-4-5-9-19(17)23-20/h1-9,12-13,23H,10-11,14H2. The summed E-state index contributed by atoms with van der Waals surface area (Å²) >= 11 is 0. The van der Waals surface area contributed by atoms with Crippen molar-refractivity contribution in [3.05, 3.63) is 83.8 Å². The van der Waals surface area contributed by atoms with Crippen LogP contribution in [0.25, 0.3) is 16.6 Å². The van der Waals surface area contributed by atoms with Gasteiger partial charge in [0.2, 0.25) is 0 Å². The Morgan fingerprint density at radius 1 is 1.04 bits per heavy atom. The molecule has 3 heterocycles. The molecule has 0 fully saturated rings. The number of fused-ring (bicyclic) bond motifs is 3. The number of carbonyl (C=O) groups is 1. The molecule has 5 rings (SSSR count). The van der Waals surface area contributed by atoms with E-state index in [-0.39, 0.29) is 5.91 Å². The molecular weight excluding hydrogens is 324 g/mol. The van der Waals surface area contributed by atoms with Gasteiger partial charge in [-0.2, -0.15) is 5.10 Å². The van der Waals surface area contributed by atoms with Gasteiger partial charge in [-0.3, -0.25) is 4.79 Å². The fourth-order valence-electron chi connectivity index (χ4n) is 3.68. The first-order chi connectivity index (χ1) is 12.8. The smallest absolute Gasteiger partial charge is 0.257 e. The van der Waals surface area contributed by atoms with Crippen molar-refractivity contribution in [1.82, 2.24) is 19.7 Å². The molecule has 1 aliphatic rings. The fraction of sp³-hybridized carbons (Fsp3) is 0.143. The number of amides is 1. The predicted octanol–water partition coefficient (Wildman–Crippen LogP) is 3.55. The number of nitrogens with one attached hydrogen (secondary N) is 1. The molecule has 0 saturated carbocycles. The summed E-state index contributed by atoms with van der Waals surface area (Å²) in [4.78, 5) is 18.4. The van der Waals surface area contributed by atoms with Crippen LogP contribution in [0.15, 0.2) is 67.0 Å². The van der Waals surface area contributed by atoms with Crippen LogP contribution >= 0.6 is 0 Å². The minimum Gasteiger partial charge on any atom is -0.358 e. The third-order valence-electron chi connectivity index (χ3n) is 5.02.